The fraction of sp³-hybridized carbons (Fsp3) is 0.900. The first-order valence-electron chi connectivity index (χ1n) is 4.87. The van der Waals surface area contributed by atoms with Crippen LogP contribution in [0.2, 0.25) is 0 Å². The predicted octanol–water partition coefficient (Wildman–Crippen LogP) is 2.41. The van der Waals surface area contributed by atoms with Crippen LogP contribution in [0.5, 0.6) is 0 Å². The van der Waals surface area contributed by atoms with E-state index in [9.17, 15) is 0 Å². The van der Waals surface area contributed by atoms with Crippen molar-refractivity contribution in [3.8, 4) is 6.07 Å². The average molecular weight is 168 g/mol. The first-order valence-corrected chi connectivity index (χ1v) is 4.87. The van der Waals surface area contributed by atoms with E-state index in [1.54, 1.807) is 0 Å². The zero-order chi connectivity index (χ0) is 9.40. The summed E-state index contributed by atoms with van der Waals surface area (Å²) in [6, 6.07) is 2.65. The lowest BCUT2D eigenvalue weighted by Crippen LogP contribution is -2.34. The minimum atomic E-state index is 0.426. The molecule has 1 atom stereocenters. The second-order valence-electron chi connectivity index (χ2n) is 3.25. The van der Waals surface area contributed by atoms with Gasteiger partial charge in [0.15, 0.2) is 0 Å². The Morgan fingerprint density at radius 3 is 2.08 bits per heavy atom. The van der Waals surface area contributed by atoms with Crippen molar-refractivity contribution < 1.29 is 0 Å². The SMILES string of the molecule is CCCN(CCC)C(C)CC#N. The second kappa shape index (κ2) is 7.12. The summed E-state index contributed by atoms with van der Waals surface area (Å²) in [6.07, 6.45) is 3.01. The predicted molar refractivity (Wildman–Crippen MR) is 51.8 cm³/mol. The van der Waals surface area contributed by atoms with E-state index in [2.05, 4.69) is 31.7 Å². The standard InChI is InChI=1S/C10H20N2/c1-4-8-12(9-5-2)10(3)6-7-11/h10H,4-6,8-9H2,1-3H3. The molecule has 2 heteroatoms. The number of nitriles is 1. The van der Waals surface area contributed by atoms with Crippen LogP contribution in [0.1, 0.15) is 40.0 Å². The van der Waals surface area contributed by atoms with Gasteiger partial charge in [0.05, 0.1) is 12.5 Å². The lowest BCUT2D eigenvalue weighted by atomic mass is 10.2. The fourth-order valence-corrected chi connectivity index (χ4v) is 1.39. The Labute approximate surface area is 76.2 Å². The van der Waals surface area contributed by atoms with E-state index in [0.717, 1.165) is 13.1 Å². The maximum absolute atomic E-state index is 8.55. The molecule has 0 aromatic rings. The van der Waals surface area contributed by atoms with Crippen molar-refractivity contribution in [2.45, 2.75) is 46.1 Å². The van der Waals surface area contributed by atoms with Crippen molar-refractivity contribution in [3.63, 3.8) is 0 Å². The molecule has 0 saturated heterocycles. The van der Waals surface area contributed by atoms with E-state index in [1.165, 1.54) is 12.8 Å². The molecule has 0 aliphatic rings. The Balaban J connectivity index is 3.82. The molecule has 70 valence electrons. The van der Waals surface area contributed by atoms with Crippen LogP contribution in [0.4, 0.5) is 0 Å². The number of hydrogen-bond acceptors (Lipinski definition) is 2. The van der Waals surface area contributed by atoms with E-state index in [-0.39, 0.29) is 0 Å². The second-order valence-corrected chi connectivity index (χ2v) is 3.25. The van der Waals surface area contributed by atoms with Crippen LogP contribution >= 0.6 is 0 Å². The molecule has 12 heavy (non-hydrogen) atoms. The van der Waals surface area contributed by atoms with Crippen LogP contribution in [0.25, 0.3) is 0 Å². The monoisotopic (exact) mass is 168 g/mol. The largest absolute Gasteiger partial charge is 0.300 e. The molecule has 0 bridgehead atoms. The zero-order valence-electron chi connectivity index (χ0n) is 8.51. The van der Waals surface area contributed by atoms with Gasteiger partial charge >= 0.3 is 0 Å². The summed E-state index contributed by atoms with van der Waals surface area (Å²) >= 11 is 0. The van der Waals surface area contributed by atoms with Crippen molar-refractivity contribution >= 4 is 0 Å². The molecule has 0 saturated carbocycles. The van der Waals surface area contributed by atoms with Crippen molar-refractivity contribution in [1.29, 1.82) is 5.26 Å². The van der Waals surface area contributed by atoms with Crippen LogP contribution in [-0.4, -0.2) is 24.0 Å². The van der Waals surface area contributed by atoms with Gasteiger partial charge in [-0.25, -0.2) is 0 Å². The average Bonchev–Trinajstić information content (AvgIpc) is 2.04. The molecule has 0 aromatic heterocycles. The highest BCUT2D eigenvalue weighted by Gasteiger charge is 2.10. The molecule has 0 aliphatic heterocycles. The van der Waals surface area contributed by atoms with E-state index >= 15 is 0 Å². The summed E-state index contributed by atoms with van der Waals surface area (Å²) < 4.78 is 0. The molecule has 0 rings (SSSR count). The van der Waals surface area contributed by atoms with E-state index in [1.807, 2.05) is 0 Å². The Morgan fingerprint density at radius 2 is 1.75 bits per heavy atom. The van der Waals surface area contributed by atoms with E-state index in [4.69, 9.17) is 5.26 Å². The third kappa shape index (κ3) is 4.35. The van der Waals surface area contributed by atoms with Crippen molar-refractivity contribution in [2.24, 2.45) is 0 Å². The van der Waals surface area contributed by atoms with Crippen LogP contribution in [0.15, 0.2) is 0 Å². The first kappa shape index (κ1) is 11.4. The summed E-state index contributed by atoms with van der Waals surface area (Å²) in [7, 11) is 0. The molecule has 0 amide bonds. The lowest BCUT2D eigenvalue weighted by Gasteiger charge is -2.26. The first-order chi connectivity index (χ1) is 5.76. The lowest BCUT2D eigenvalue weighted by molar-refractivity contribution is 0.211. The summed E-state index contributed by atoms with van der Waals surface area (Å²) in [6.45, 7) is 8.74. The van der Waals surface area contributed by atoms with Gasteiger partial charge in [0.2, 0.25) is 0 Å². The van der Waals surface area contributed by atoms with Gasteiger partial charge in [-0.2, -0.15) is 5.26 Å². The fourth-order valence-electron chi connectivity index (χ4n) is 1.39. The zero-order valence-corrected chi connectivity index (χ0v) is 8.51. The van der Waals surface area contributed by atoms with Gasteiger partial charge in [0.25, 0.3) is 0 Å². The van der Waals surface area contributed by atoms with Crippen molar-refractivity contribution in [3.05, 3.63) is 0 Å². The van der Waals surface area contributed by atoms with Gasteiger partial charge in [-0.1, -0.05) is 13.8 Å². The molecule has 0 N–H and O–H groups in total. The smallest absolute Gasteiger partial charge is 0.0638 e. The van der Waals surface area contributed by atoms with Crippen LogP contribution < -0.4 is 0 Å². The summed E-state index contributed by atoms with van der Waals surface area (Å²) in [4.78, 5) is 2.39. The molecule has 0 aromatic carbocycles. The maximum Gasteiger partial charge on any atom is 0.0638 e. The van der Waals surface area contributed by atoms with Gasteiger partial charge < -0.3 is 0 Å². The van der Waals surface area contributed by atoms with E-state index in [0.29, 0.717) is 12.5 Å². The maximum atomic E-state index is 8.55. The highest BCUT2D eigenvalue weighted by Crippen LogP contribution is 2.04. The van der Waals surface area contributed by atoms with Gasteiger partial charge in [-0.05, 0) is 32.9 Å². The van der Waals surface area contributed by atoms with Gasteiger partial charge in [-0.3, -0.25) is 4.90 Å². The quantitative estimate of drug-likeness (QED) is 0.609. The Hall–Kier alpha value is -0.550. The highest BCUT2D eigenvalue weighted by molar-refractivity contribution is 4.79. The molecule has 0 aliphatic carbocycles. The molecule has 1 unspecified atom stereocenters. The topological polar surface area (TPSA) is 27.0 Å². The third-order valence-corrected chi connectivity index (χ3v) is 2.03. The third-order valence-electron chi connectivity index (χ3n) is 2.03. The van der Waals surface area contributed by atoms with Gasteiger partial charge in [0, 0.05) is 6.04 Å². The summed E-state index contributed by atoms with van der Waals surface area (Å²) in [5.41, 5.74) is 0. The normalized spacial score (nSPS) is 12.9. The molecule has 2 nitrogen and oxygen atoms in total. The van der Waals surface area contributed by atoms with E-state index < -0.39 is 0 Å². The minimum absolute atomic E-state index is 0.426. The number of nitrogens with zero attached hydrogens (tertiary/aromatic N) is 2. The van der Waals surface area contributed by atoms with Crippen LogP contribution in [0, 0.1) is 11.3 Å². The summed E-state index contributed by atoms with van der Waals surface area (Å²) in [5, 5.41) is 8.55. The van der Waals surface area contributed by atoms with Gasteiger partial charge in [0.1, 0.15) is 0 Å². The molecule has 0 fully saturated rings. The Bertz CT molecular complexity index is 131. The molecular formula is C10H20N2. The Morgan fingerprint density at radius 1 is 1.25 bits per heavy atom. The number of hydrogen-bond donors (Lipinski definition) is 0. The van der Waals surface area contributed by atoms with Crippen molar-refractivity contribution in [2.75, 3.05) is 13.1 Å². The van der Waals surface area contributed by atoms with Crippen molar-refractivity contribution in [1.82, 2.24) is 4.90 Å². The molecule has 0 spiro atoms. The molecular weight excluding hydrogens is 148 g/mol. The Kier molecular flexibility index (Phi) is 6.79. The molecule has 0 radical (unpaired) electrons. The van der Waals surface area contributed by atoms with Crippen LogP contribution in [0.3, 0.4) is 0 Å². The number of rotatable bonds is 6. The highest BCUT2D eigenvalue weighted by atomic mass is 15.1. The summed E-state index contributed by atoms with van der Waals surface area (Å²) in [5.74, 6) is 0. The molecule has 0 heterocycles. The minimum Gasteiger partial charge on any atom is -0.300 e. The van der Waals surface area contributed by atoms with Crippen LogP contribution in [-0.2, 0) is 0 Å². The van der Waals surface area contributed by atoms with Gasteiger partial charge in [-0.15, -0.1) is 0 Å².